The number of benzene rings is 2. The molecular weight excluding hydrogens is 424 g/mol. The Kier molecular flexibility index (Phi) is 7.37. The molecule has 2 heterocycles. The number of nitrogens with one attached hydrogen (secondary N) is 1. The summed E-state index contributed by atoms with van der Waals surface area (Å²) in [5.74, 6) is 1.72. The van der Waals surface area contributed by atoms with Gasteiger partial charge < -0.3 is 14.6 Å². The highest BCUT2D eigenvalue weighted by molar-refractivity contribution is 5.83. The normalized spacial score (nSPS) is 16.7. The molecule has 34 heavy (non-hydrogen) atoms. The fraction of sp³-hybridized carbons (Fsp3) is 0.429. The van der Waals surface area contributed by atoms with Gasteiger partial charge in [-0.05, 0) is 48.9 Å². The van der Waals surface area contributed by atoms with Gasteiger partial charge in [-0.25, -0.2) is 0 Å². The van der Waals surface area contributed by atoms with Gasteiger partial charge in [-0.2, -0.15) is 4.98 Å². The highest BCUT2D eigenvalue weighted by Crippen LogP contribution is 2.41. The summed E-state index contributed by atoms with van der Waals surface area (Å²) in [4.78, 5) is 20.4. The molecule has 0 radical (unpaired) electrons. The summed E-state index contributed by atoms with van der Waals surface area (Å²) in [5.41, 5.74) is 6.01. The number of hydrogen-bond acceptors (Lipinski definition) is 4. The summed E-state index contributed by atoms with van der Waals surface area (Å²) in [6.07, 6.45) is 2.62. The Morgan fingerprint density at radius 3 is 2.56 bits per heavy atom. The number of imidazole rings is 1. The van der Waals surface area contributed by atoms with E-state index < -0.39 is 0 Å². The van der Waals surface area contributed by atoms with Crippen LogP contribution in [0.15, 0.2) is 48.5 Å². The summed E-state index contributed by atoms with van der Waals surface area (Å²) in [6.45, 7) is 7.99. The lowest BCUT2D eigenvalue weighted by atomic mass is 9.94. The van der Waals surface area contributed by atoms with Crippen molar-refractivity contribution in [1.29, 1.82) is 0 Å². The van der Waals surface area contributed by atoms with Gasteiger partial charge in [0.1, 0.15) is 11.9 Å². The van der Waals surface area contributed by atoms with Crippen molar-refractivity contribution < 1.29 is 9.53 Å². The molecule has 2 atom stereocenters. The van der Waals surface area contributed by atoms with Gasteiger partial charge >= 0.3 is 0 Å². The Bertz CT molecular complexity index is 1140. The minimum absolute atomic E-state index is 0.000570. The number of nitrogens with zero attached hydrogens (tertiary/aromatic N) is 3. The number of methoxy groups -OCH3 is 1. The van der Waals surface area contributed by atoms with Crippen LogP contribution in [0.5, 0.6) is 5.88 Å². The first kappa shape index (κ1) is 24.0. The maximum atomic E-state index is 13.2. The Balaban J connectivity index is 1.77. The minimum atomic E-state index is -0.380. The summed E-state index contributed by atoms with van der Waals surface area (Å²) < 4.78 is 8.09. The molecule has 180 valence electrons. The largest absolute Gasteiger partial charge is 0.480 e. The molecule has 1 aliphatic rings. The van der Waals surface area contributed by atoms with Gasteiger partial charge in [-0.1, -0.05) is 55.5 Å². The molecule has 0 aliphatic carbocycles. The molecule has 6 heteroatoms. The third kappa shape index (κ3) is 4.60. The van der Waals surface area contributed by atoms with Crippen molar-refractivity contribution in [3.05, 3.63) is 82.3 Å². The second kappa shape index (κ2) is 10.4. The molecule has 2 aromatic carbocycles. The monoisotopic (exact) mass is 460 g/mol. The van der Waals surface area contributed by atoms with E-state index in [4.69, 9.17) is 9.72 Å². The number of amides is 1. The lowest BCUT2D eigenvalue weighted by Crippen LogP contribution is -2.46. The average Bonchev–Trinajstić information content (AvgIpc) is 3.24. The second-order valence-corrected chi connectivity index (χ2v) is 9.07. The SMILES string of the molecule is CCc1nc(OC)c2n1CCN([C@@H](C(=O)NC)c1ccccc1)C2CCc1ccc(C)c(C)c1. The molecule has 3 aromatic rings. The Labute approximate surface area is 203 Å². The van der Waals surface area contributed by atoms with Crippen molar-refractivity contribution in [1.82, 2.24) is 19.8 Å². The van der Waals surface area contributed by atoms with Crippen molar-refractivity contribution in [2.24, 2.45) is 0 Å². The average molecular weight is 461 g/mol. The summed E-state index contributed by atoms with van der Waals surface area (Å²) in [7, 11) is 3.40. The molecule has 0 saturated carbocycles. The molecule has 1 unspecified atom stereocenters. The molecule has 0 bridgehead atoms. The van der Waals surface area contributed by atoms with Crippen LogP contribution in [0.1, 0.15) is 59.2 Å². The third-order valence-electron chi connectivity index (χ3n) is 7.08. The Hall–Kier alpha value is -3.12. The molecule has 4 rings (SSSR count). The Morgan fingerprint density at radius 2 is 1.91 bits per heavy atom. The highest BCUT2D eigenvalue weighted by Gasteiger charge is 2.39. The topological polar surface area (TPSA) is 59.4 Å². The first-order chi connectivity index (χ1) is 16.5. The van der Waals surface area contributed by atoms with E-state index in [2.05, 4.69) is 53.8 Å². The number of ether oxygens (including phenoxy) is 1. The minimum Gasteiger partial charge on any atom is -0.480 e. The van der Waals surface area contributed by atoms with Crippen LogP contribution >= 0.6 is 0 Å². The fourth-order valence-corrected chi connectivity index (χ4v) is 5.15. The van der Waals surface area contributed by atoms with Gasteiger partial charge in [0.15, 0.2) is 0 Å². The number of aryl methyl sites for hydroxylation is 4. The van der Waals surface area contributed by atoms with E-state index in [0.717, 1.165) is 49.4 Å². The van der Waals surface area contributed by atoms with Crippen LogP contribution in [0.4, 0.5) is 0 Å². The first-order valence-corrected chi connectivity index (χ1v) is 12.2. The van der Waals surface area contributed by atoms with Crippen LogP contribution in [0.2, 0.25) is 0 Å². The smallest absolute Gasteiger partial charge is 0.241 e. The predicted octanol–water partition coefficient (Wildman–Crippen LogP) is 4.55. The maximum absolute atomic E-state index is 13.2. The second-order valence-electron chi connectivity index (χ2n) is 9.07. The van der Waals surface area contributed by atoms with Crippen molar-refractivity contribution >= 4 is 5.91 Å². The molecule has 1 N–H and O–H groups in total. The zero-order chi connectivity index (χ0) is 24.2. The van der Waals surface area contributed by atoms with E-state index in [1.54, 1.807) is 14.2 Å². The van der Waals surface area contributed by atoms with Gasteiger partial charge in [0.25, 0.3) is 0 Å². The molecule has 0 spiro atoms. The van der Waals surface area contributed by atoms with Crippen LogP contribution in [0, 0.1) is 13.8 Å². The summed E-state index contributed by atoms with van der Waals surface area (Å²) in [5, 5.41) is 2.90. The molecular formula is C28H36N4O2. The van der Waals surface area contributed by atoms with Crippen molar-refractivity contribution in [2.45, 2.75) is 58.7 Å². The highest BCUT2D eigenvalue weighted by atomic mass is 16.5. The molecule has 1 aliphatic heterocycles. The third-order valence-corrected chi connectivity index (χ3v) is 7.08. The summed E-state index contributed by atoms with van der Waals surface area (Å²) >= 11 is 0. The maximum Gasteiger partial charge on any atom is 0.241 e. The van der Waals surface area contributed by atoms with Crippen LogP contribution in [-0.4, -0.2) is 41.1 Å². The number of hydrogen-bond donors (Lipinski definition) is 1. The fourth-order valence-electron chi connectivity index (χ4n) is 5.15. The predicted molar refractivity (Wildman–Crippen MR) is 135 cm³/mol. The van der Waals surface area contributed by atoms with Crippen molar-refractivity contribution in [3.8, 4) is 5.88 Å². The van der Waals surface area contributed by atoms with Crippen LogP contribution in [0.3, 0.4) is 0 Å². The van der Waals surface area contributed by atoms with Gasteiger partial charge in [-0.15, -0.1) is 0 Å². The lowest BCUT2D eigenvalue weighted by Gasteiger charge is -2.41. The number of rotatable bonds is 8. The zero-order valence-corrected chi connectivity index (χ0v) is 21.0. The molecule has 6 nitrogen and oxygen atoms in total. The van der Waals surface area contributed by atoms with Gasteiger partial charge in [-0.3, -0.25) is 9.69 Å². The van der Waals surface area contributed by atoms with E-state index in [-0.39, 0.29) is 18.0 Å². The number of aromatic nitrogens is 2. The molecule has 0 fully saturated rings. The number of likely N-dealkylation sites (N-methyl/N-ethyl adjacent to an activating group) is 1. The van der Waals surface area contributed by atoms with Gasteiger partial charge in [0.05, 0.1) is 18.8 Å². The van der Waals surface area contributed by atoms with E-state index >= 15 is 0 Å². The van der Waals surface area contributed by atoms with E-state index in [9.17, 15) is 4.79 Å². The number of fused-ring (bicyclic) bond motifs is 1. The molecule has 1 amide bonds. The van der Waals surface area contributed by atoms with Crippen molar-refractivity contribution in [2.75, 3.05) is 20.7 Å². The van der Waals surface area contributed by atoms with Crippen molar-refractivity contribution in [3.63, 3.8) is 0 Å². The number of carbonyl (C=O) groups excluding carboxylic acids is 1. The van der Waals surface area contributed by atoms with Gasteiger partial charge in [0.2, 0.25) is 11.8 Å². The van der Waals surface area contributed by atoms with E-state index in [0.29, 0.717) is 5.88 Å². The molecule has 1 aromatic heterocycles. The first-order valence-electron chi connectivity index (χ1n) is 12.2. The quantitative estimate of drug-likeness (QED) is 0.536. The molecule has 0 saturated heterocycles. The van der Waals surface area contributed by atoms with E-state index in [1.807, 2.05) is 30.3 Å². The summed E-state index contributed by atoms with van der Waals surface area (Å²) in [6, 6.07) is 16.4. The Morgan fingerprint density at radius 1 is 1.15 bits per heavy atom. The van der Waals surface area contributed by atoms with Crippen LogP contribution in [0.25, 0.3) is 0 Å². The van der Waals surface area contributed by atoms with Crippen LogP contribution in [-0.2, 0) is 24.2 Å². The standard InChI is InChI=1S/C28H36N4O2/c1-6-24-30-28(34-5)26-23(15-14-21-13-12-19(2)20(3)18-21)31(16-17-32(24)26)25(27(33)29-4)22-10-8-7-9-11-22/h7-13,18,23,25H,6,14-17H2,1-5H3,(H,29,33)/t23?,25-/m1/s1. The zero-order valence-electron chi connectivity index (χ0n) is 21.0. The van der Waals surface area contributed by atoms with Gasteiger partial charge in [0, 0.05) is 26.6 Å². The van der Waals surface area contributed by atoms with Crippen LogP contribution < -0.4 is 10.1 Å². The number of carbonyl (C=O) groups is 1. The van der Waals surface area contributed by atoms with E-state index in [1.165, 1.54) is 16.7 Å². The lowest BCUT2D eigenvalue weighted by molar-refractivity contribution is -0.128.